The van der Waals surface area contributed by atoms with Crippen LogP contribution in [-0.2, 0) is 29.2 Å². The zero-order valence-corrected chi connectivity index (χ0v) is 11.7. The van der Waals surface area contributed by atoms with Gasteiger partial charge in [-0.3, -0.25) is 0 Å². The molecule has 0 aliphatic rings. The molecule has 1 radical (unpaired) electrons. The van der Waals surface area contributed by atoms with Crippen molar-refractivity contribution in [3.63, 3.8) is 0 Å². The molecule has 0 bridgehead atoms. The maximum atomic E-state index is 10.2. The van der Waals surface area contributed by atoms with E-state index in [4.69, 9.17) is 11.8 Å². The number of hydrogen-bond acceptors (Lipinski definition) is 3. The molecule has 0 aliphatic heterocycles. The Morgan fingerprint density at radius 1 is 1.80 bits per heavy atom. The molecule has 5 heteroatoms. The topological polar surface area (TPSA) is 46.5 Å². The van der Waals surface area contributed by atoms with E-state index >= 15 is 0 Å². The number of hydrogen-bond donors (Lipinski definition) is 1. The first-order valence-corrected chi connectivity index (χ1v) is 3.86. The summed E-state index contributed by atoms with van der Waals surface area (Å²) < 4.78 is 0.791. The summed E-state index contributed by atoms with van der Waals surface area (Å²) in [6.45, 7) is 5.06. The molecule has 0 rings (SSSR count). The van der Waals surface area contributed by atoms with Gasteiger partial charge in [-0.25, -0.2) is 0 Å². The van der Waals surface area contributed by atoms with Crippen molar-refractivity contribution in [2.45, 2.75) is 6.42 Å². The smallest absolute Gasteiger partial charge is 0 e. The van der Waals surface area contributed by atoms with E-state index in [9.17, 15) is 4.79 Å². The SMILES string of the molecule is [CH-]=C[C](=[In])CC(=O)OO.[Zn]. The van der Waals surface area contributed by atoms with Gasteiger partial charge in [-0.15, -0.1) is 0 Å². The summed E-state index contributed by atoms with van der Waals surface area (Å²) in [4.78, 5) is 13.6. The van der Waals surface area contributed by atoms with Gasteiger partial charge in [0.15, 0.2) is 0 Å². The van der Waals surface area contributed by atoms with Crippen LogP contribution in [0.15, 0.2) is 6.08 Å². The van der Waals surface area contributed by atoms with Crippen LogP contribution in [-0.4, -0.2) is 38.4 Å². The fraction of sp³-hybridized carbons (Fsp3) is 0.200. The predicted molar refractivity (Wildman–Crippen MR) is 33.0 cm³/mol. The van der Waals surface area contributed by atoms with Gasteiger partial charge >= 0.3 is 67.1 Å². The summed E-state index contributed by atoms with van der Waals surface area (Å²) in [6.07, 6.45) is 1.44. The standard InChI is InChI=1S/C5H5O3.In.Zn/c1-2-3-4-5(6)8-7;;/h1-2,7H,4H2;;/q-1;;. The van der Waals surface area contributed by atoms with Crippen LogP contribution in [0.4, 0.5) is 0 Å². The Morgan fingerprint density at radius 3 is 2.60 bits per heavy atom. The normalized spacial score (nSPS) is 7.20. The number of rotatable bonds is 3. The molecule has 0 amide bonds. The number of carbonyl (C=O) groups is 1. The molecule has 0 heterocycles. The third kappa shape index (κ3) is 6.65. The van der Waals surface area contributed by atoms with Gasteiger partial charge in [0.25, 0.3) is 0 Å². The molecule has 0 aliphatic carbocycles. The Morgan fingerprint density at radius 2 is 2.30 bits per heavy atom. The molecule has 49 valence electrons. The Labute approximate surface area is 86.2 Å². The van der Waals surface area contributed by atoms with E-state index in [0.29, 0.717) is 0 Å². The van der Waals surface area contributed by atoms with Gasteiger partial charge in [-0.1, -0.05) is 0 Å². The maximum absolute atomic E-state index is 10.2. The van der Waals surface area contributed by atoms with E-state index in [2.05, 4.69) is 4.89 Å². The molecule has 0 spiro atoms. The van der Waals surface area contributed by atoms with Crippen LogP contribution in [0.25, 0.3) is 0 Å². The number of allylic oxidation sites excluding steroid dienone is 1. The van der Waals surface area contributed by atoms with Crippen LogP contribution in [0.5, 0.6) is 0 Å². The van der Waals surface area contributed by atoms with Gasteiger partial charge in [0.1, 0.15) is 0 Å². The van der Waals surface area contributed by atoms with Gasteiger partial charge in [-0.05, 0) is 0 Å². The van der Waals surface area contributed by atoms with E-state index in [1.165, 1.54) is 6.08 Å². The third-order valence-electron chi connectivity index (χ3n) is 0.664. The van der Waals surface area contributed by atoms with Gasteiger partial charge in [0.05, 0.1) is 0 Å². The van der Waals surface area contributed by atoms with Crippen LogP contribution < -0.4 is 0 Å². The zero-order chi connectivity index (χ0) is 7.28. The Bertz CT molecular complexity index is 146. The molecule has 10 heavy (non-hydrogen) atoms. The summed E-state index contributed by atoms with van der Waals surface area (Å²) in [5.41, 5.74) is 0. The quantitative estimate of drug-likeness (QED) is 0.337. The Hall–Kier alpha value is 0.534. The van der Waals surface area contributed by atoms with Crippen molar-refractivity contribution in [2.24, 2.45) is 0 Å². The number of carbonyl (C=O) groups excluding carboxylic acids is 1. The Kier molecular flexibility index (Phi) is 10.0. The summed E-state index contributed by atoms with van der Waals surface area (Å²) in [5.74, 6) is -0.667. The zero-order valence-electron chi connectivity index (χ0n) is 5.41. The Balaban J connectivity index is 0. The minimum atomic E-state index is -0.667. The molecule has 0 saturated carbocycles. The molecule has 0 unspecified atom stereocenters. The fourth-order valence-corrected chi connectivity index (χ4v) is 0.734. The van der Waals surface area contributed by atoms with Crippen LogP contribution >= 0.6 is 0 Å². The third-order valence-corrected chi connectivity index (χ3v) is 1.80. The molecule has 0 aromatic heterocycles. The molecule has 0 aromatic rings. The van der Waals surface area contributed by atoms with Gasteiger partial charge in [0.2, 0.25) is 0 Å². The molecule has 0 saturated heterocycles. The molecule has 0 aromatic carbocycles. The molecular formula is C5H5InO3Zn-. The van der Waals surface area contributed by atoms with E-state index in [0.717, 1.165) is 27.1 Å². The van der Waals surface area contributed by atoms with Crippen molar-refractivity contribution >= 4 is 33.1 Å². The minimum Gasteiger partial charge on any atom is 0 e. The van der Waals surface area contributed by atoms with Gasteiger partial charge in [0, 0.05) is 19.5 Å². The van der Waals surface area contributed by atoms with E-state index in [1.54, 1.807) is 0 Å². The van der Waals surface area contributed by atoms with Gasteiger partial charge in [-0.2, -0.15) is 0 Å². The second-order valence-corrected chi connectivity index (χ2v) is 3.50. The summed E-state index contributed by atoms with van der Waals surface area (Å²) in [6, 6.07) is 0. The second kappa shape index (κ2) is 7.64. The van der Waals surface area contributed by atoms with Crippen molar-refractivity contribution in [3.05, 3.63) is 12.7 Å². The van der Waals surface area contributed by atoms with Crippen LogP contribution in [0.2, 0.25) is 0 Å². The minimum absolute atomic E-state index is 0. The van der Waals surface area contributed by atoms with Crippen molar-refractivity contribution in [2.75, 3.05) is 0 Å². The molecule has 1 N–H and O–H groups in total. The monoisotopic (exact) mass is 292 g/mol. The van der Waals surface area contributed by atoms with Crippen molar-refractivity contribution < 1.29 is 34.4 Å². The van der Waals surface area contributed by atoms with E-state index < -0.39 is 5.97 Å². The first-order chi connectivity index (χ1) is 4.20. The predicted octanol–water partition coefficient (Wildman–Crippen LogP) is -0.280. The van der Waals surface area contributed by atoms with Crippen LogP contribution in [0.3, 0.4) is 0 Å². The molecule has 3 nitrogen and oxygen atoms in total. The first kappa shape index (κ1) is 13.1. The largest absolute Gasteiger partial charge is 0 e. The van der Waals surface area contributed by atoms with Crippen molar-refractivity contribution in [1.82, 2.24) is 0 Å². The summed E-state index contributed by atoms with van der Waals surface area (Å²) in [7, 11) is 0. The summed E-state index contributed by atoms with van der Waals surface area (Å²) >= 11 is 0.777. The fourth-order valence-electron chi connectivity index (χ4n) is 0.258. The average molecular weight is 293 g/mol. The maximum Gasteiger partial charge on any atom is 0 e. The summed E-state index contributed by atoms with van der Waals surface area (Å²) in [5, 5.41) is 7.78. The van der Waals surface area contributed by atoms with E-state index in [-0.39, 0.29) is 25.9 Å². The first-order valence-electron chi connectivity index (χ1n) is 2.21. The molecule has 0 fully saturated rings. The van der Waals surface area contributed by atoms with Gasteiger partial charge < -0.3 is 0 Å². The second-order valence-electron chi connectivity index (χ2n) is 1.38. The average Bonchev–Trinajstić information content (AvgIpc) is 1.87. The van der Waals surface area contributed by atoms with Crippen molar-refractivity contribution in [3.8, 4) is 0 Å². The van der Waals surface area contributed by atoms with E-state index in [1.807, 2.05) is 0 Å². The molecular weight excluding hydrogens is 288 g/mol. The molecule has 0 atom stereocenters. The van der Waals surface area contributed by atoms with Crippen LogP contribution in [0, 0.1) is 6.58 Å². The van der Waals surface area contributed by atoms with Crippen LogP contribution in [0.1, 0.15) is 6.42 Å². The van der Waals surface area contributed by atoms with Crippen molar-refractivity contribution in [1.29, 1.82) is 0 Å².